The predicted molar refractivity (Wildman–Crippen MR) is 122 cm³/mol. The number of hydrogen-bond donors (Lipinski definition) is 4. The molecule has 0 aliphatic heterocycles. The highest BCUT2D eigenvalue weighted by atomic mass is 19.2. The van der Waals surface area contributed by atoms with Crippen LogP contribution in [0.25, 0.3) is 11.0 Å². The molecule has 180 valence electrons. The number of aromatic amines is 1. The van der Waals surface area contributed by atoms with Gasteiger partial charge >= 0.3 is 6.03 Å². The SMILES string of the molecule is COc1ccc(C[C@@H](NC(=O)NC23CCC(O)(CC2)CC3)c2nc3ccccc3[nH]2)c(F)c1F. The Morgan fingerprint density at radius 1 is 1.12 bits per heavy atom. The molecule has 4 N–H and O–H groups in total. The molecule has 2 amide bonds. The van der Waals surface area contributed by atoms with E-state index in [1.165, 1.54) is 19.2 Å². The van der Waals surface area contributed by atoms with Crippen LogP contribution in [0.3, 0.4) is 0 Å². The first-order valence-corrected chi connectivity index (χ1v) is 11.6. The summed E-state index contributed by atoms with van der Waals surface area (Å²) in [5, 5.41) is 16.5. The first-order chi connectivity index (χ1) is 16.3. The number of carbonyl (C=O) groups excluding carboxylic acids is 1. The highest BCUT2D eigenvalue weighted by Gasteiger charge is 2.48. The number of H-pyrrole nitrogens is 1. The van der Waals surface area contributed by atoms with Crippen LogP contribution in [0.4, 0.5) is 13.6 Å². The zero-order valence-corrected chi connectivity index (χ0v) is 19.0. The summed E-state index contributed by atoms with van der Waals surface area (Å²) in [4.78, 5) is 20.9. The third kappa shape index (κ3) is 4.20. The number of ether oxygens (including phenoxy) is 1. The summed E-state index contributed by atoms with van der Waals surface area (Å²) in [6.07, 6.45) is 4.12. The number of imidazole rings is 1. The number of para-hydroxylation sites is 2. The predicted octanol–water partition coefficient (Wildman–Crippen LogP) is 4.27. The number of hydrogen-bond acceptors (Lipinski definition) is 4. The molecular formula is C25H28F2N4O3. The van der Waals surface area contributed by atoms with Crippen LogP contribution in [0, 0.1) is 11.6 Å². The molecule has 0 unspecified atom stereocenters. The molecule has 34 heavy (non-hydrogen) atoms. The number of rotatable bonds is 6. The number of nitrogens with zero attached hydrogens (tertiary/aromatic N) is 1. The van der Waals surface area contributed by atoms with E-state index in [1.807, 2.05) is 24.3 Å². The van der Waals surface area contributed by atoms with Crippen molar-refractivity contribution in [2.24, 2.45) is 0 Å². The topological polar surface area (TPSA) is 99.3 Å². The van der Waals surface area contributed by atoms with Gasteiger partial charge in [-0.15, -0.1) is 0 Å². The van der Waals surface area contributed by atoms with Gasteiger partial charge in [-0.2, -0.15) is 4.39 Å². The van der Waals surface area contributed by atoms with Gasteiger partial charge in [-0.1, -0.05) is 18.2 Å². The largest absolute Gasteiger partial charge is 0.494 e. The van der Waals surface area contributed by atoms with E-state index in [1.54, 1.807) is 0 Å². The average Bonchev–Trinajstić information content (AvgIpc) is 3.27. The molecule has 7 nitrogen and oxygen atoms in total. The van der Waals surface area contributed by atoms with E-state index in [0.29, 0.717) is 49.9 Å². The quantitative estimate of drug-likeness (QED) is 0.432. The number of halogens is 2. The maximum absolute atomic E-state index is 14.8. The Morgan fingerprint density at radius 3 is 2.50 bits per heavy atom. The van der Waals surface area contributed by atoms with Crippen molar-refractivity contribution in [3.8, 4) is 5.75 Å². The molecule has 1 heterocycles. The number of amides is 2. The minimum absolute atomic E-state index is 0.00720. The summed E-state index contributed by atoms with van der Waals surface area (Å²) in [5.41, 5.74) is 0.631. The molecule has 1 aromatic heterocycles. The molecule has 3 fully saturated rings. The fourth-order valence-corrected chi connectivity index (χ4v) is 5.25. The number of aromatic nitrogens is 2. The third-order valence-corrected chi connectivity index (χ3v) is 7.40. The summed E-state index contributed by atoms with van der Waals surface area (Å²) in [6, 6.07) is 9.12. The van der Waals surface area contributed by atoms with E-state index in [0.717, 1.165) is 5.52 Å². The van der Waals surface area contributed by atoms with Crippen molar-refractivity contribution in [2.45, 2.75) is 62.1 Å². The normalized spacial score (nSPS) is 24.7. The number of fused-ring (bicyclic) bond motifs is 4. The highest BCUT2D eigenvalue weighted by molar-refractivity contribution is 5.77. The Balaban J connectivity index is 1.40. The molecule has 0 radical (unpaired) electrons. The second-order valence-corrected chi connectivity index (χ2v) is 9.55. The van der Waals surface area contributed by atoms with Crippen molar-refractivity contribution in [3.05, 3.63) is 59.4 Å². The molecule has 3 aliphatic carbocycles. The van der Waals surface area contributed by atoms with Crippen molar-refractivity contribution < 1.29 is 23.4 Å². The van der Waals surface area contributed by atoms with Gasteiger partial charge in [0.15, 0.2) is 11.6 Å². The molecule has 3 aliphatic rings. The first kappa shape index (κ1) is 22.6. The standard InChI is InChI=1S/C25H28F2N4O3/c1-34-19-7-6-15(20(26)21(19)27)14-18(22-28-16-4-2-3-5-17(16)29-22)30-23(32)31-24-8-11-25(33,12-9-24)13-10-24/h2-7,18,33H,8-14H2,1H3,(H,28,29)(H2,30,31,32)/t18-,24?,25?/m1/s1. The van der Waals surface area contributed by atoms with Crippen LogP contribution in [0.5, 0.6) is 5.75 Å². The fraction of sp³-hybridized carbons (Fsp3) is 0.440. The van der Waals surface area contributed by atoms with Crippen LogP contribution >= 0.6 is 0 Å². The molecule has 3 saturated carbocycles. The van der Waals surface area contributed by atoms with Gasteiger partial charge < -0.3 is 25.5 Å². The van der Waals surface area contributed by atoms with E-state index < -0.39 is 29.3 Å². The van der Waals surface area contributed by atoms with Gasteiger partial charge in [0.25, 0.3) is 0 Å². The molecule has 9 heteroatoms. The summed E-state index contributed by atoms with van der Waals surface area (Å²) >= 11 is 0. The molecule has 2 bridgehead atoms. The Hall–Kier alpha value is -3.20. The van der Waals surface area contributed by atoms with Gasteiger partial charge in [-0.3, -0.25) is 0 Å². The molecule has 6 rings (SSSR count). The van der Waals surface area contributed by atoms with Crippen LogP contribution in [0.1, 0.15) is 56.0 Å². The van der Waals surface area contributed by atoms with Crippen molar-refractivity contribution >= 4 is 17.1 Å². The Kier molecular flexibility index (Phi) is 5.67. The number of aliphatic hydroxyl groups is 1. The second-order valence-electron chi connectivity index (χ2n) is 9.55. The van der Waals surface area contributed by atoms with Gasteiger partial charge in [0.1, 0.15) is 5.82 Å². The van der Waals surface area contributed by atoms with Crippen LogP contribution in [0.15, 0.2) is 36.4 Å². The first-order valence-electron chi connectivity index (χ1n) is 11.6. The van der Waals surface area contributed by atoms with E-state index in [4.69, 9.17) is 4.74 Å². The van der Waals surface area contributed by atoms with E-state index in [2.05, 4.69) is 20.6 Å². The molecule has 0 saturated heterocycles. The van der Waals surface area contributed by atoms with Gasteiger partial charge in [0, 0.05) is 12.0 Å². The van der Waals surface area contributed by atoms with Crippen LogP contribution in [0.2, 0.25) is 0 Å². The van der Waals surface area contributed by atoms with E-state index in [9.17, 15) is 18.7 Å². The summed E-state index contributed by atoms with van der Waals surface area (Å²) < 4.78 is 34.0. The lowest BCUT2D eigenvalue weighted by Gasteiger charge is -2.51. The summed E-state index contributed by atoms with van der Waals surface area (Å²) in [7, 11) is 1.28. The lowest BCUT2D eigenvalue weighted by atomic mass is 9.63. The summed E-state index contributed by atoms with van der Waals surface area (Å²) in [5.74, 6) is -1.81. The zero-order chi connectivity index (χ0) is 23.9. The Morgan fingerprint density at radius 2 is 1.82 bits per heavy atom. The van der Waals surface area contributed by atoms with Crippen LogP contribution in [-0.4, -0.2) is 39.4 Å². The molecule has 2 aromatic carbocycles. The molecular weight excluding hydrogens is 442 g/mol. The monoisotopic (exact) mass is 470 g/mol. The number of benzene rings is 2. The summed E-state index contributed by atoms with van der Waals surface area (Å²) in [6.45, 7) is 0. The van der Waals surface area contributed by atoms with Gasteiger partial charge in [-0.05, 0) is 62.3 Å². The number of methoxy groups -OCH3 is 1. The van der Waals surface area contributed by atoms with Gasteiger partial charge in [0.05, 0.1) is 29.8 Å². The van der Waals surface area contributed by atoms with Crippen molar-refractivity contribution in [3.63, 3.8) is 0 Å². The minimum atomic E-state index is -1.07. The Bertz CT molecular complexity index is 1170. The average molecular weight is 471 g/mol. The smallest absolute Gasteiger partial charge is 0.315 e. The Labute approximate surface area is 195 Å². The van der Waals surface area contributed by atoms with Crippen LogP contribution < -0.4 is 15.4 Å². The van der Waals surface area contributed by atoms with Crippen molar-refractivity contribution in [2.75, 3.05) is 7.11 Å². The number of urea groups is 1. The van der Waals surface area contributed by atoms with Crippen molar-refractivity contribution in [1.29, 1.82) is 0 Å². The van der Waals surface area contributed by atoms with E-state index in [-0.39, 0.29) is 23.3 Å². The highest BCUT2D eigenvalue weighted by Crippen LogP contribution is 2.46. The molecule has 1 atom stereocenters. The van der Waals surface area contributed by atoms with Crippen LogP contribution in [-0.2, 0) is 6.42 Å². The molecule has 0 spiro atoms. The van der Waals surface area contributed by atoms with Crippen molar-refractivity contribution in [1.82, 2.24) is 20.6 Å². The molecule has 3 aromatic rings. The maximum atomic E-state index is 14.8. The number of nitrogens with one attached hydrogen (secondary N) is 3. The fourth-order valence-electron chi connectivity index (χ4n) is 5.25. The second kappa shape index (κ2) is 8.54. The third-order valence-electron chi connectivity index (χ3n) is 7.40. The van der Waals surface area contributed by atoms with Gasteiger partial charge in [-0.25, -0.2) is 14.2 Å². The minimum Gasteiger partial charge on any atom is -0.494 e. The number of carbonyl (C=O) groups is 1. The van der Waals surface area contributed by atoms with E-state index >= 15 is 0 Å². The van der Waals surface area contributed by atoms with Gasteiger partial charge in [0.2, 0.25) is 5.82 Å². The lowest BCUT2D eigenvalue weighted by Crippen LogP contribution is -2.60. The zero-order valence-electron chi connectivity index (χ0n) is 19.0. The maximum Gasteiger partial charge on any atom is 0.315 e. The lowest BCUT2D eigenvalue weighted by molar-refractivity contribution is -0.0694.